The zero-order valence-electron chi connectivity index (χ0n) is 16.2. The zero-order valence-corrected chi connectivity index (χ0v) is 17.8. The zero-order chi connectivity index (χ0) is 20.9. The first-order valence-electron chi connectivity index (χ1n) is 9.79. The molecule has 1 aliphatic carbocycles. The summed E-state index contributed by atoms with van der Waals surface area (Å²) in [7, 11) is 0. The molecular weight excluding hydrogens is 423 g/mol. The minimum absolute atomic E-state index is 0.0251. The van der Waals surface area contributed by atoms with Crippen LogP contribution in [0.1, 0.15) is 52.7 Å². The number of carbonyl (C=O) groups is 2. The fourth-order valence-corrected chi connectivity index (χ4v) is 5.04. The molecule has 1 aromatic carbocycles. The maximum atomic E-state index is 13.4. The second kappa shape index (κ2) is 9.44. The van der Waals surface area contributed by atoms with Crippen molar-refractivity contribution in [1.82, 2.24) is 19.8 Å². The van der Waals surface area contributed by atoms with Gasteiger partial charge in [0.05, 0.1) is 0 Å². The molecule has 0 radical (unpaired) electrons. The van der Waals surface area contributed by atoms with Crippen LogP contribution in [0.25, 0.3) is 0 Å². The van der Waals surface area contributed by atoms with Gasteiger partial charge in [0.2, 0.25) is 5.91 Å². The molecule has 2 amide bonds. The number of halogens is 1. The monoisotopic (exact) mass is 444 g/mol. The van der Waals surface area contributed by atoms with E-state index in [1.54, 1.807) is 22.4 Å². The van der Waals surface area contributed by atoms with Gasteiger partial charge in [-0.15, -0.1) is 16.4 Å². The fourth-order valence-electron chi connectivity index (χ4n) is 3.79. The molecule has 30 heavy (non-hydrogen) atoms. The van der Waals surface area contributed by atoms with Gasteiger partial charge in [-0.3, -0.25) is 9.59 Å². The molecule has 1 fully saturated rings. The molecule has 156 valence electrons. The Kier molecular flexibility index (Phi) is 6.49. The van der Waals surface area contributed by atoms with Gasteiger partial charge in [0.25, 0.3) is 5.91 Å². The van der Waals surface area contributed by atoms with E-state index in [0.717, 1.165) is 47.7 Å². The lowest BCUT2D eigenvalue weighted by Gasteiger charge is -2.34. The fraction of sp³-hybridized carbons (Fsp3) is 0.333. The SMILES string of the molecule is O=C(NCc1ccc(F)cc1)[C@@H](c1cccs1)N(C(=O)c1csnn1)C1CCCC1. The van der Waals surface area contributed by atoms with Crippen molar-refractivity contribution in [3.63, 3.8) is 0 Å². The van der Waals surface area contributed by atoms with Crippen LogP contribution in [-0.4, -0.2) is 32.3 Å². The Morgan fingerprint density at radius 3 is 2.60 bits per heavy atom. The van der Waals surface area contributed by atoms with E-state index in [4.69, 9.17) is 0 Å². The number of rotatable bonds is 7. The van der Waals surface area contributed by atoms with Gasteiger partial charge in [-0.05, 0) is 53.5 Å². The van der Waals surface area contributed by atoms with Gasteiger partial charge in [-0.2, -0.15) is 0 Å². The van der Waals surface area contributed by atoms with Gasteiger partial charge in [0, 0.05) is 22.8 Å². The Hall–Kier alpha value is -2.65. The van der Waals surface area contributed by atoms with Gasteiger partial charge >= 0.3 is 0 Å². The predicted octanol–water partition coefficient (Wildman–Crippen LogP) is 4.18. The normalized spacial score (nSPS) is 15.1. The number of nitrogens with one attached hydrogen (secondary N) is 1. The molecule has 4 rings (SSSR count). The number of hydrogen-bond acceptors (Lipinski definition) is 6. The van der Waals surface area contributed by atoms with Gasteiger partial charge < -0.3 is 10.2 Å². The van der Waals surface area contributed by atoms with Crippen molar-refractivity contribution in [3.8, 4) is 0 Å². The van der Waals surface area contributed by atoms with Gasteiger partial charge in [-0.25, -0.2) is 4.39 Å². The molecule has 3 aromatic rings. The minimum atomic E-state index is -0.747. The number of hydrogen-bond donors (Lipinski definition) is 1. The van der Waals surface area contributed by atoms with Gasteiger partial charge in [-0.1, -0.05) is 35.5 Å². The predicted molar refractivity (Wildman–Crippen MR) is 114 cm³/mol. The number of nitrogens with zero attached hydrogens (tertiary/aromatic N) is 3. The van der Waals surface area contributed by atoms with E-state index < -0.39 is 6.04 Å². The lowest BCUT2D eigenvalue weighted by molar-refractivity contribution is -0.126. The Morgan fingerprint density at radius 1 is 1.20 bits per heavy atom. The lowest BCUT2D eigenvalue weighted by Crippen LogP contribution is -2.47. The summed E-state index contributed by atoms with van der Waals surface area (Å²) in [4.78, 5) is 29.2. The van der Waals surface area contributed by atoms with Crippen LogP contribution in [0.2, 0.25) is 0 Å². The van der Waals surface area contributed by atoms with Crippen molar-refractivity contribution in [2.75, 3.05) is 0 Å². The van der Waals surface area contributed by atoms with E-state index in [9.17, 15) is 14.0 Å². The molecule has 9 heteroatoms. The summed E-state index contributed by atoms with van der Waals surface area (Å²) in [6, 6.07) is 8.98. The molecule has 2 heterocycles. The first-order valence-corrected chi connectivity index (χ1v) is 11.5. The van der Waals surface area contributed by atoms with Crippen LogP contribution in [0.4, 0.5) is 4.39 Å². The first kappa shape index (κ1) is 20.6. The van der Waals surface area contributed by atoms with Crippen LogP contribution in [-0.2, 0) is 11.3 Å². The lowest BCUT2D eigenvalue weighted by atomic mass is 10.1. The maximum absolute atomic E-state index is 13.4. The second-order valence-electron chi connectivity index (χ2n) is 7.20. The number of aromatic nitrogens is 2. The third-order valence-electron chi connectivity index (χ3n) is 5.25. The second-order valence-corrected chi connectivity index (χ2v) is 8.79. The Balaban J connectivity index is 1.62. The summed E-state index contributed by atoms with van der Waals surface area (Å²) in [6.07, 6.45) is 3.77. The van der Waals surface area contributed by atoms with E-state index >= 15 is 0 Å². The number of thiophene rings is 1. The molecule has 6 nitrogen and oxygen atoms in total. The van der Waals surface area contributed by atoms with Crippen molar-refractivity contribution in [2.24, 2.45) is 0 Å². The smallest absolute Gasteiger partial charge is 0.276 e. The van der Waals surface area contributed by atoms with E-state index in [0.29, 0.717) is 0 Å². The maximum Gasteiger partial charge on any atom is 0.276 e. The van der Waals surface area contributed by atoms with E-state index in [1.807, 2.05) is 17.5 Å². The molecule has 1 atom stereocenters. The van der Waals surface area contributed by atoms with Gasteiger partial charge in [0.15, 0.2) is 5.69 Å². The molecule has 1 saturated carbocycles. The van der Waals surface area contributed by atoms with Crippen LogP contribution in [0, 0.1) is 5.82 Å². The molecular formula is C21H21FN4O2S2. The molecule has 2 aromatic heterocycles. The van der Waals surface area contributed by atoms with Crippen LogP contribution in [0.15, 0.2) is 47.2 Å². The van der Waals surface area contributed by atoms with E-state index in [2.05, 4.69) is 14.9 Å². The van der Waals surface area contributed by atoms with Crippen molar-refractivity contribution < 1.29 is 14.0 Å². The molecule has 1 aliphatic rings. The summed E-state index contributed by atoms with van der Waals surface area (Å²) in [5, 5.41) is 10.4. The Bertz CT molecular complexity index is 971. The van der Waals surface area contributed by atoms with Crippen molar-refractivity contribution in [2.45, 2.75) is 44.3 Å². The van der Waals surface area contributed by atoms with Crippen LogP contribution >= 0.6 is 22.9 Å². The Labute approximate surface area is 181 Å². The van der Waals surface area contributed by atoms with E-state index in [1.165, 1.54) is 23.5 Å². The molecule has 0 spiro atoms. The van der Waals surface area contributed by atoms with E-state index in [-0.39, 0.29) is 35.9 Å². The summed E-state index contributed by atoms with van der Waals surface area (Å²) >= 11 is 2.56. The summed E-state index contributed by atoms with van der Waals surface area (Å²) in [5.41, 5.74) is 1.05. The average molecular weight is 445 g/mol. The topological polar surface area (TPSA) is 75.2 Å². The third-order valence-corrected chi connectivity index (χ3v) is 6.68. The number of amides is 2. The number of carbonyl (C=O) groups excluding carboxylic acids is 2. The quantitative estimate of drug-likeness (QED) is 0.593. The largest absolute Gasteiger partial charge is 0.350 e. The molecule has 0 bridgehead atoms. The highest BCUT2D eigenvalue weighted by atomic mass is 32.1. The van der Waals surface area contributed by atoms with Crippen LogP contribution in [0.5, 0.6) is 0 Å². The van der Waals surface area contributed by atoms with Crippen LogP contribution < -0.4 is 5.32 Å². The summed E-state index contributed by atoms with van der Waals surface area (Å²) in [6.45, 7) is 0.256. The molecule has 0 aliphatic heterocycles. The number of benzene rings is 1. The first-order chi connectivity index (χ1) is 14.6. The highest BCUT2D eigenvalue weighted by molar-refractivity contribution is 7.10. The van der Waals surface area contributed by atoms with Crippen molar-refractivity contribution in [3.05, 3.63) is 69.1 Å². The van der Waals surface area contributed by atoms with Gasteiger partial charge in [0.1, 0.15) is 11.9 Å². The summed E-state index contributed by atoms with van der Waals surface area (Å²) in [5.74, 6) is -0.854. The Morgan fingerprint density at radius 2 is 1.97 bits per heavy atom. The minimum Gasteiger partial charge on any atom is -0.350 e. The third kappa shape index (κ3) is 4.57. The average Bonchev–Trinajstić information content (AvgIpc) is 3.53. The van der Waals surface area contributed by atoms with Crippen molar-refractivity contribution in [1.29, 1.82) is 0 Å². The van der Waals surface area contributed by atoms with Crippen LogP contribution in [0.3, 0.4) is 0 Å². The molecule has 0 saturated heterocycles. The molecule has 1 N–H and O–H groups in total. The molecule has 0 unspecified atom stereocenters. The highest BCUT2D eigenvalue weighted by Gasteiger charge is 2.39. The standard InChI is InChI=1S/C21H21FN4O2S2/c22-15-9-7-14(8-10-15)12-23-20(27)19(18-6-3-11-29-18)26(16-4-1-2-5-16)21(28)17-13-30-25-24-17/h3,6-11,13,16,19H,1-2,4-5,12H2,(H,23,27)/t19-/m1/s1. The highest BCUT2D eigenvalue weighted by Crippen LogP contribution is 2.34. The summed E-state index contributed by atoms with van der Waals surface area (Å²) < 4.78 is 17.0. The van der Waals surface area contributed by atoms with Crippen molar-refractivity contribution >= 4 is 34.7 Å².